The third kappa shape index (κ3) is 1.99. The molecule has 0 aromatic heterocycles. The predicted molar refractivity (Wildman–Crippen MR) is 59.1 cm³/mol. The molecule has 65 valence electrons. The summed E-state index contributed by atoms with van der Waals surface area (Å²) in [6.07, 6.45) is 5.10. The Bertz CT molecular complexity index is 234. The van der Waals surface area contributed by atoms with Gasteiger partial charge in [-0.05, 0) is 43.6 Å². The number of benzene rings is 1. The fraction of sp³-hybridized carbons (Fsp3) is 0.300. The summed E-state index contributed by atoms with van der Waals surface area (Å²) in [6.45, 7) is 3.95. The Morgan fingerprint density at radius 2 is 1.67 bits per heavy atom. The summed E-state index contributed by atoms with van der Waals surface area (Å²) in [7, 11) is 0. The monoisotopic (exact) mass is 197 g/mol. The maximum Gasteiger partial charge on any atom is 0.0112 e. The van der Waals surface area contributed by atoms with Crippen molar-refractivity contribution in [3.05, 3.63) is 30.7 Å². The molecule has 2 heteroatoms. The maximum atomic E-state index is 3.95. The summed E-state index contributed by atoms with van der Waals surface area (Å²) in [5.41, 5.74) is 1.39. The molecule has 1 aromatic rings. The lowest BCUT2D eigenvalue weighted by Crippen LogP contribution is -1.88. The number of hydrogen-bond donors (Lipinski definition) is 0. The molecule has 12 heavy (non-hydrogen) atoms. The second-order valence-electron chi connectivity index (χ2n) is 2.39. The molecule has 1 radical (unpaired) electrons. The van der Waals surface area contributed by atoms with Gasteiger partial charge >= 0.3 is 0 Å². The summed E-state index contributed by atoms with van der Waals surface area (Å²) in [5, 5.41) is 0. The Balaban J connectivity index is 3.13. The van der Waals surface area contributed by atoms with Gasteiger partial charge in [0.05, 0.1) is 0 Å². The Morgan fingerprint density at radius 3 is 2.00 bits per heavy atom. The number of hydrogen-bond acceptors (Lipinski definition) is 2. The van der Waals surface area contributed by atoms with Gasteiger partial charge in [-0.1, -0.05) is 6.07 Å². The van der Waals surface area contributed by atoms with Crippen molar-refractivity contribution in [2.24, 2.45) is 0 Å². The van der Waals surface area contributed by atoms with Crippen LogP contribution in [0.3, 0.4) is 0 Å². The molecule has 0 amide bonds. The van der Waals surface area contributed by atoms with Crippen molar-refractivity contribution in [1.29, 1.82) is 0 Å². The van der Waals surface area contributed by atoms with E-state index in [0.29, 0.717) is 0 Å². The average Bonchev–Trinajstić information content (AvgIpc) is 2.16. The highest BCUT2D eigenvalue weighted by molar-refractivity contribution is 7.99. The molecular weight excluding hydrogens is 184 g/mol. The third-order valence-electron chi connectivity index (χ3n) is 1.78. The zero-order valence-corrected chi connectivity index (χ0v) is 9.10. The van der Waals surface area contributed by atoms with Gasteiger partial charge in [0.15, 0.2) is 0 Å². The van der Waals surface area contributed by atoms with Crippen LogP contribution in [0, 0.1) is 6.92 Å². The van der Waals surface area contributed by atoms with E-state index in [4.69, 9.17) is 0 Å². The van der Waals surface area contributed by atoms with Crippen LogP contribution in [0.15, 0.2) is 28.0 Å². The fourth-order valence-electron chi connectivity index (χ4n) is 1.17. The van der Waals surface area contributed by atoms with Crippen molar-refractivity contribution < 1.29 is 0 Å². The lowest BCUT2D eigenvalue weighted by Gasteiger charge is -2.08. The SMILES string of the molecule is [CH2]Cc1c(SC)cccc1SC. The molecule has 0 aliphatic rings. The van der Waals surface area contributed by atoms with E-state index in [9.17, 15) is 0 Å². The van der Waals surface area contributed by atoms with Crippen LogP contribution in [0.4, 0.5) is 0 Å². The summed E-state index contributed by atoms with van der Waals surface area (Å²) in [6, 6.07) is 6.42. The van der Waals surface area contributed by atoms with E-state index in [2.05, 4.69) is 37.6 Å². The van der Waals surface area contributed by atoms with Crippen LogP contribution < -0.4 is 0 Å². The van der Waals surface area contributed by atoms with Gasteiger partial charge in [0.25, 0.3) is 0 Å². The maximum absolute atomic E-state index is 3.95. The first-order valence-electron chi connectivity index (χ1n) is 3.82. The summed E-state index contributed by atoms with van der Waals surface area (Å²) < 4.78 is 0. The number of thioether (sulfide) groups is 2. The second kappa shape index (κ2) is 4.83. The lowest BCUT2D eigenvalue weighted by molar-refractivity contribution is 1.10. The van der Waals surface area contributed by atoms with Crippen molar-refractivity contribution >= 4 is 23.5 Å². The van der Waals surface area contributed by atoms with E-state index >= 15 is 0 Å². The van der Waals surface area contributed by atoms with Crippen LogP contribution in [-0.2, 0) is 6.42 Å². The van der Waals surface area contributed by atoms with Gasteiger partial charge in [-0.3, -0.25) is 0 Å². The number of rotatable bonds is 3. The van der Waals surface area contributed by atoms with Crippen molar-refractivity contribution in [2.45, 2.75) is 16.2 Å². The van der Waals surface area contributed by atoms with Gasteiger partial charge in [0.1, 0.15) is 0 Å². The molecule has 1 aromatic carbocycles. The van der Waals surface area contributed by atoms with E-state index in [0.717, 1.165) is 6.42 Å². The minimum atomic E-state index is 0.882. The molecule has 0 spiro atoms. The Hall–Kier alpha value is -0.0800. The first-order chi connectivity index (χ1) is 5.83. The average molecular weight is 197 g/mol. The normalized spacial score (nSPS) is 10.2. The zero-order chi connectivity index (χ0) is 8.97. The minimum Gasteiger partial charge on any atom is -0.129 e. The van der Waals surface area contributed by atoms with Crippen LogP contribution in [0.5, 0.6) is 0 Å². The Kier molecular flexibility index (Phi) is 4.02. The zero-order valence-electron chi connectivity index (χ0n) is 7.46. The van der Waals surface area contributed by atoms with E-state index < -0.39 is 0 Å². The predicted octanol–water partition coefficient (Wildman–Crippen LogP) is 3.51. The van der Waals surface area contributed by atoms with Crippen molar-refractivity contribution in [1.82, 2.24) is 0 Å². The van der Waals surface area contributed by atoms with Crippen LogP contribution in [0.2, 0.25) is 0 Å². The van der Waals surface area contributed by atoms with Gasteiger partial charge in [-0.15, -0.1) is 23.5 Å². The van der Waals surface area contributed by atoms with Gasteiger partial charge in [-0.2, -0.15) is 0 Å². The molecule has 0 heterocycles. The first-order valence-corrected chi connectivity index (χ1v) is 6.27. The van der Waals surface area contributed by atoms with Crippen LogP contribution in [0.25, 0.3) is 0 Å². The van der Waals surface area contributed by atoms with E-state index in [1.165, 1.54) is 15.4 Å². The molecule has 0 saturated heterocycles. The smallest absolute Gasteiger partial charge is 0.0112 e. The molecule has 1 rings (SSSR count). The van der Waals surface area contributed by atoms with E-state index in [-0.39, 0.29) is 0 Å². The van der Waals surface area contributed by atoms with Gasteiger partial charge in [0.2, 0.25) is 0 Å². The van der Waals surface area contributed by atoms with Crippen molar-refractivity contribution in [3.8, 4) is 0 Å². The standard InChI is InChI=1S/C10H13S2/c1-4-8-9(11-2)6-5-7-10(8)12-3/h5-7H,1,4H2,2-3H3. The first kappa shape index (κ1) is 10.0. The van der Waals surface area contributed by atoms with Gasteiger partial charge < -0.3 is 0 Å². The molecule has 0 aliphatic heterocycles. The van der Waals surface area contributed by atoms with Crippen LogP contribution >= 0.6 is 23.5 Å². The van der Waals surface area contributed by atoms with E-state index in [1.54, 1.807) is 23.5 Å². The molecule has 0 N–H and O–H groups in total. The highest BCUT2D eigenvalue weighted by Crippen LogP contribution is 2.29. The topological polar surface area (TPSA) is 0 Å². The second-order valence-corrected chi connectivity index (χ2v) is 4.09. The molecule has 0 unspecified atom stereocenters. The fourth-order valence-corrected chi connectivity index (χ4v) is 2.59. The summed E-state index contributed by atoms with van der Waals surface area (Å²) in [5.74, 6) is 0. The molecule has 0 nitrogen and oxygen atoms in total. The lowest BCUT2D eigenvalue weighted by atomic mass is 10.2. The Morgan fingerprint density at radius 1 is 1.17 bits per heavy atom. The van der Waals surface area contributed by atoms with Crippen LogP contribution in [0.1, 0.15) is 5.56 Å². The summed E-state index contributed by atoms with van der Waals surface area (Å²) in [4.78, 5) is 2.72. The van der Waals surface area contributed by atoms with Crippen molar-refractivity contribution in [3.63, 3.8) is 0 Å². The van der Waals surface area contributed by atoms with E-state index in [1.807, 2.05) is 0 Å². The van der Waals surface area contributed by atoms with Gasteiger partial charge in [0, 0.05) is 9.79 Å². The van der Waals surface area contributed by atoms with Gasteiger partial charge in [-0.25, -0.2) is 0 Å². The largest absolute Gasteiger partial charge is 0.129 e. The quantitative estimate of drug-likeness (QED) is 0.680. The molecule has 0 saturated carbocycles. The minimum absolute atomic E-state index is 0.882. The van der Waals surface area contributed by atoms with Crippen LogP contribution in [-0.4, -0.2) is 12.5 Å². The molecule has 0 atom stereocenters. The highest BCUT2D eigenvalue weighted by Gasteiger charge is 2.03. The molecular formula is C10H13S2. The molecule has 0 fully saturated rings. The van der Waals surface area contributed by atoms with Crippen molar-refractivity contribution in [2.75, 3.05) is 12.5 Å². The highest BCUT2D eigenvalue weighted by atomic mass is 32.2. The third-order valence-corrected chi connectivity index (χ3v) is 3.42. The molecule has 0 aliphatic carbocycles. The molecule has 0 bridgehead atoms. The Labute approximate surface area is 83.1 Å². The summed E-state index contributed by atoms with van der Waals surface area (Å²) >= 11 is 3.59.